The second kappa shape index (κ2) is 7.67. The fourth-order valence-electron chi connectivity index (χ4n) is 2.19. The smallest absolute Gasteiger partial charge is 0.255 e. The van der Waals surface area contributed by atoms with E-state index in [2.05, 4.69) is 29.2 Å². The maximum atomic E-state index is 11.6. The molecule has 0 unspecified atom stereocenters. The molecule has 1 aliphatic heterocycles. The molecule has 1 fully saturated rings. The first kappa shape index (κ1) is 15.4. The van der Waals surface area contributed by atoms with Gasteiger partial charge in [-0.1, -0.05) is 65.7 Å². The highest BCUT2D eigenvalue weighted by atomic mass is 35.5. The van der Waals surface area contributed by atoms with Crippen molar-refractivity contribution in [3.8, 4) is 0 Å². The van der Waals surface area contributed by atoms with Gasteiger partial charge in [0.2, 0.25) is 0 Å². The SMILES string of the molecule is O=C(C(Cl)Cl)N1CCN(CC=Cc2ccccc2)CC1. The van der Waals surface area contributed by atoms with Crippen molar-refractivity contribution in [3.05, 3.63) is 42.0 Å². The lowest BCUT2D eigenvalue weighted by Gasteiger charge is -2.34. The van der Waals surface area contributed by atoms with Crippen molar-refractivity contribution in [2.45, 2.75) is 4.84 Å². The van der Waals surface area contributed by atoms with Gasteiger partial charge in [-0.2, -0.15) is 0 Å². The van der Waals surface area contributed by atoms with Crippen LogP contribution in [-0.2, 0) is 4.79 Å². The number of rotatable bonds is 4. The summed E-state index contributed by atoms with van der Waals surface area (Å²) in [6.45, 7) is 3.97. The minimum absolute atomic E-state index is 0.187. The monoisotopic (exact) mass is 312 g/mol. The molecule has 2 rings (SSSR count). The van der Waals surface area contributed by atoms with Crippen molar-refractivity contribution < 1.29 is 4.79 Å². The summed E-state index contributed by atoms with van der Waals surface area (Å²) in [7, 11) is 0. The van der Waals surface area contributed by atoms with Crippen molar-refractivity contribution in [1.29, 1.82) is 0 Å². The molecule has 5 heteroatoms. The van der Waals surface area contributed by atoms with Crippen molar-refractivity contribution in [1.82, 2.24) is 9.80 Å². The van der Waals surface area contributed by atoms with Crippen molar-refractivity contribution >= 4 is 35.2 Å². The van der Waals surface area contributed by atoms with Crippen LogP contribution in [0.4, 0.5) is 0 Å². The van der Waals surface area contributed by atoms with Crippen LogP contribution in [-0.4, -0.2) is 53.3 Å². The molecular formula is C15H18Cl2N2O. The van der Waals surface area contributed by atoms with Gasteiger partial charge in [0.05, 0.1) is 0 Å². The first-order chi connectivity index (χ1) is 9.66. The third kappa shape index (κ3) is 4.51. The van der Waals surface area contributed by atoms with Gasteiger partial charge in [0, 0.05) is 32.7 Å². The van der Waals surface area contributed by atoms with E-state index < -0.39 is 4.84 Å². The van der Waals surface area contributed by atoms with E-state index in [1.54, 1.807) is 4.90 Å². The summed E-state index contributed by atoms with van der Waals surface area (Å²) in [5.41, 5.74) is 1.20. The number of halogens is 2. The Morgan fingerprint density at radius 1 is 1.15 bits per heavy atom. The number of alkyl halides is 2. The Morgan fingerprint density at radius 3 is 2.40 bits per heavy atom. The van der Waals surface area contributed by atoms with Crippen LogP contribution in [0.15, 0.2) is 36.4 Å². The van der Waals surface area contributed by atoms with Gasteiger partial charge in [-0.3, -0.25) is 9.69 Å². The summed E-state index contributed by atoms with van der Waals surface area (Å²) in [6, 6.07) is 10.2. The van der Waals surface area contributed by atoms with Crippen LogP contribution >= 0.6 is 23.2 Å². The maximum absolute atomic E-state index is 11.6. The van der Waals surface area contributed by atoms with E-state index in [-0.39, 0.29) is 5.91 Å². The molecule has 0 N–H and O–H groups in total. The molecule has 1 heterocycles. The molecule has 3 nitrogen and oxygen atoms in total. The number of amides is 1. The summed E-state index contributed by atoms with van der Waals surface area (Å²) < 4.78 is 0. The number of benzene rings is 1. The van der Waals surface area contributed by atoms with Crippen LogP contribution in [0.25, 0.3) is 6.08 Å². The molecule has 1 saturated heterocycles. The fourth-order valence-corrected chi connectivity index (χ4v) is 2.47. The maximum Gasteiger partial charge on any atom is 0.255 e. The topological polar surface area (TPSA) is 23.6 Å². The Hall–Kier alpha value is -1.03. The van der Waals surface area contributed by atoms with E-state index in [1.807, 2.05) is 18.2 Å². The normalized spacial score (nSPS) is 17.1. The molecule has 1 aromatic rings. The van der Waals surface area contributed by atoms with Crippen molar-refractivity contribution in [2.75, 3.05) is 32.7 Å². The fraction of sp³-hybridized carbons (Fsp3) is 0.400. The second-order valence-corrected chi connectivity index (χ2v) is 5.84. The predicted octanol–water partition coefficient (Wildman–Crippen LogP) is 2.65. The Kier molecular flexibility index (Phi) is 5.89. The lowest BCUT2D eigenvalue weighted by molar-refractivity contribution is -0.130. The molecule has 0 bridgehead atoms. The van der Waals surface area contributed by atoms with Gasteiger partial charge in [-0.05, 0) is 5.56 Å². The predicted molar refractivity (Wildman–Crippen MR) is 84.0 cm³/mol. The van der Waals surface area contributed by atoms with Crippen LogP contribution in [0, 0.1) is 0 Å². The Morgan fingerprint density at radius 2 is 1.80 bits per heavy atom. The zero-order valence-electron chi connectivity index (χ0n) is 11.2. The molecule has 108 valence electrons. The lowest BCUT2D eigenvalue weighted by Crippen LogP contribution is -2.50. The van der Waals surface area contributed by atoms with Gasteiger partial charge in [-0.15, -0.1) is 0 Å². The first-order valence-corrected chi connectivity index (χ1v) is 7.55. The number of hydrogen-bond acceptors (Lipinski definition) is 2. The van der Waals surface area contributed by atoms with E-state index in [4.69, 9.17) is 23.2 Å². The van der Waals surface area contributed by atoms with Gasteiger partial charge >= 0.3 is 0 Å². The zero-order valence-corrected chi connectivity index (χ0v) is 12.7. The van der Waals surface area contributed by atoms with Crippen LogP contribution < -0.4 is 0 Å². The summed E-state index contributed by atoms with van der Waals surface area (Å²) in [5, 5.41) is 0. The highest BCUT2D eigenvalue weighted by molar-refractivity contribution is 6.53. The Labute approximate surface area is 129 Å². The van der Waals surface area contributed by atoms with Crippen molar-refractivity contribution in [3.63, 3.8) is 0 Å². The third-order valence-corrected chi connectivity index (χ3v) is 3.72. The standard InChI is InChI=1S/C15H18Cl2N2O/c16-14(17)15(20)19-11-9-18(10-12-19)8-4-7-13-5-2-1-3-6-13/h1-7,14H,8-12H2. The van der Waals surface area contributed by atoms with Crippen LogP contribution in [0.2, 0.25) is 0 Å². The second-order valence-electron chi connectivity index (χ2n) is 4.74. The highest BCUT2D eigenvalue weighted by Gasteiger charge is 2.24. The van der Waals surface area contributed by atoms with E-state index in [0.717, 1.165) is 19.6 Å². The molecule has 1 aliphatic rings. The van der Waals surface area contributed by atoms with E-state index in [1.165, 1.54) is 5.56 Å². The first-order valence-electron chi connectivity index (χ1n) is 6.67. The minimum atomic E-state index is -0.945. The number of piperazine rings is 1. The summed E-state index contributed by atoms with van der Waals surface area (Å²) in [5.74, 6) is -0.187. The van der Waals surface area contributed by atoms with Gasteiger partial charge in [-0.25, -0.2) is 0 Å². The number of carbonyl (C=O) groups excluding carboxylic acids is 1. The zero-order chi connectivity index (χ0) is 14.4. The van der Waals surface area contributed by atoms with E-state index in [0.29, 0.717) is 13.1 Å². The van der Waals surface area contributed by atoms with Gasteiger partial charge in [0.1, 0.15) is 0 Å². The summed E-state index contributed by atoms with van der Waals surface area (Å²) in [6.07, 6.45) is 4.27. The molecule has 1 aromatic carbocycles. The van der Waals surface area contributed by atoms with Gasteiger partial charge in [0.15, 0.2) is 4.84 Å². The molecule has 0 aromatic heterocycles. The largest absolute Gasteiger partial charge is 0.338 e. The molecule has 0 aliphatic carbocycles. The average molecular weight is 313 g/mol. The number of hydrogen-bond donors (Lipinski definition) is 0. The minimum Gasteiger partial charge on any atom is -0.338 e. The molecule has 0 atom stereocenters. The quantitative estimate of drug-likeness (QED) is 0.798. The van der Waals surface area contributed by atoms with E-state index in [9.17, 15) is 4.79 Å². The third-order valence-electron chi connectivity index (χ3n) is 3.34. The molecule has 20 heavy (non-hydrogen) atoms. The number of carbonyl (C=O) groups is 1. The average Bonchev–Trinajstić information content (AvgIpc) is 2.48. The van der Waals surface area contributed by atoms with Crippen molar-refractivity contribution in [2.24, 2.45) is 0 Å². The molecular weight excluding hydrogens is 295 g/mol. The molecule has 0 saturated carbocycles. The van der Waals surface area contributed by atoms with Gasteiger partial charge < -0.3 is 4.90 Å². The highest BCUT2D eigenvalue weighted by Crippen LogP contribution is 2.10. The Balaban J connectivity index is 1.75. The molecule has 0 radical (unpaired) electrons. The summed E-state index contributed by atoms with van der Waals surface area (Å²) >= 11 is 11.2. The van der Waals surface area contributed by atoms with E-state index >= 15 is 0 Å². The van der Waals surface area contributed by atoms with Crippen LogP contribution in [0.3, 0.4) is 0 Å². The summed E-state index contributed by atoms with van der Waals surface area (Å²) in [4.78, 5) is 14.7. The molecule has 1 amide bonds. The van der Waals surface area contributed by atoms with Crippen LogP contribution in [0.5, 0.6) is 0 Å². The molecule has 0 spiro atoms. The Bertz CT molecular complexity index is 454. The number of nitrogens with zero attached hydrogens (tertiary/aromatic N) is 2. The lowest BCUT2D eigenvalue weighted by atomic mass is 10.2. The van der Waals surface area contributed by atoms with Gasteiger partial charge in [0.25, 0.3) is 5.91 Å². The van der Waals surface area contributed by atoms with Crippen LogP contribution in [0.1, 0.15) is 5.56 Å².